The molecule has 15 heavy (non-hydrogen) atoms. The van der Waals surface area contributed by atoms with Crippen molar-refractivity contribution in [2.75, 3.05) is 0 Å². The number of hydrogen-bond donors (Lipinski definition) is 0. The summed E-state index contributed by atoms with van der Waals surface area (Å²) >= 11 is 0. The lowest BCUT2D eigenvalue weighted by Crippen LogP contribution is -2.42. The van der Waals surface area contributed by atoms with Crippen LogP contribution in [0.15, 0.2) is 24.3 Å². The van der Waals surface area contributed by atoms with Crippen molar-refractivity contribution >= 4 is 15.7 Å². The SMILES string of the molecule is BC(B)(c1ccc(C)cc1)C(C)(C)C#N. The highest BCUT2D eigenvalue weighted by molar-refractivity contribution is 6.41. The summed E-state index contributed by atoms with van der Waals surface area (Å²) in [6, 6.07) is 10.8. The summed E-state index contributed by atoms with van der Waals surface area (Å²) < 4.78 is 0. The number of hydrogen-bond acceptors (Lipinski definition) is 1. The molecule has 76 valence electrons. The van der Waals surface area contributed by atoms with Crippen LogP contribution < -0.4 is 0 Å². The highest BCUT2D eigenvalue weighted by atomic mass is 14.4. The highest BCUT2D eigenvalue weighted by Crippen LogP contribution is 2.35. The second-order valence-electron chi connectivity index (χ2n) is 5.23. The number of nitrogens with zero attached hydrogens (tertiary/aromatic N) is 1. The first-order valence-electron chi connectivity index (χ1n) is 5.29. The fraction of sp³-hybridized carbons (Fsp3) is 0.417. The summed E-state index contributed by atoms with van der Waals surface area (Å²) in [5.41, 5.74) is 2.12. The van der Waals surface area contributed by atoms with Crippen molar-refractivity contribution in [1.82, 2.24) is 0 Å². The Bertz CT molecular complexity index is 385. The lowest BCUT2D eigenvalue weighted by molar-refractivity contribution is 0.432. The van der Waals surface area contributed by atoms with Crippen LogP contribution in [0.4, 0.5) is 0 Å². The van der Waals surface area contributed by atoms with E-state index in [0.717, 1.165) is 0 Å². The van der Waals surface area contributed by atoms with E-state index in [2.05, 4.69) is 53.0 Å². The molecule has 0 amide bonds. The number of aryl methyl sites for hydroxylation is 1. The zero-order chi connectivity index (χ0) is 11.7. The van der Waals surface area contributed by atoms with Gasteiger partial charge in [-0.15, -0.1) is 0 Å². The molecule has 1 aromatic rings. The maximum Gasteiger partial charge on any atom is 0.106 e. The highest BCUT2D eigenvalue weighted by Gasteiger charge is 2.38. The second kappa shape index (κ2) is 3.77. The minimum atomic E-state index is -0.359. The van der Waals surface area contributed by atoms with E-state index < -0.39 is 0 Å². The zero-order valence-electron chi connectivity index (χ0n) is 10.3. The fourth-order valence-electron chi connectivity index (χ4n) is 1.47. The summed E-state index contributed by atoms with van der Waals surface area (Å²) in [4.78, 5) is 0. The number of nitriles is 1. The van der Waals surface area contributed by atoms with E-state index in [1.165, 1.54) is 11.1 Å². The van der Waals surface area contributed by atoms with Crippen LogP contribution in [-0.4, -0.2) is 15.7 Å². The third-order valence-electron chi connectivity index (χ3n) is 3.62. The summed E-state index contributed by atoms with van der Waals surface area (Å²) in [7, 11) is 4.25. The van der Waals surface area contributed by atoms with Crippen molar-refractivity contribution in [1.29, 1.82) is 5.26 Å². The van der Waals surface area contributed by atoms with Crippen LogP contribution >= 0.6 is 0 Å². The van der Waals surface area contributed by atoms with E-state index in [0.29, 0.717) is 0 Å². The van der Waals surface area contributed by atoms with Crippen LogP contribution in [0, 0.1) is 23.7 Å². The molecule has 0 aliphatic carbocycles. The van der Waals surface area contributed by atoms with E-state index in [-0.39, 0.29) is 10.6 Å². The Morgan fingerprint density at radius 2 is 1.60 bits per heavy atom. The molecule has 0 aliphatic rings. The Morgan fingerprint density at radius 3 is 2.00 bits per heavy atom. The van der Waals surface area contributed by atoms with Crippen molar-refractivity contribution in [3.63, 3.8) is 0 Å². The van der Waals surface area contributed by atoms with Gasteiger partial charge >= 0.3 is 0 Å². The molecule has 0 bridgehead atoms. The van der Waals surface area contributed by atoms with Crippen LogP contribution in [0.3, 0.4) is 0 Å². The average molecular weight is 197 g/mol. The Labute approximate surface area is 94.3 Å². The van der Waals surface area contributed by atoms with Gasteiger partial charge in [0.25, 0.3) is 0 Å². The normalized spacial score (nSPS) is 12.1. The molecule has 0 spiro atoms. The van der Waals surface area contributed by atoms with Gasteiger partial charge in [-0.2, -0.15) is 5.26 Å². The third-order valence-corrected chi connectivity index (χ3v) is 3.62. The molecule has 0 saturated heterocycles. The zero-order valence-corrected chi connectivity index (χ0v) is 10.3. The van der Waals surface area contributed by atoms with Gasteiger partial charge in [-0.05, 0) is 26.0 Å². The van der Waals surface area contributed by atoms with Gasteiger partial charge in [0.05, 0.1) is 6.07 Å². The standard InChI is InChI=1S/C12H17B2N/c1-9-4-6-10(7-5-9)12(13,14)11(2,3)8-15/h4-7H,13-14H2,1-3H3. The summed E-state index contributed by atoms with van der Waals surface area (Å²) in [6.45, 7) is 6.06. The predicted molar refractivity (Wildman–Crippen MR) is 69.3 cm³/mol. The average Bonchev–Trinajstić information content (AvgIpc) is 2.18. The lowest BCUT2D eigenvalue weighted by Gasteiger charge is -2.37. The molecule has 0 fully saturated rings. The molecule has 1 rings (SSSR count). The molecule has 0 heterocycles. The molecular formula is C12H17B2N. The van der Waals surface area contributed by atoms with E-state index >= 15 is 0 Å². The first-order valence-corrected chi connectivity index (χ1v) is 5.29. The molecule has 0 N–H and O–H groups in total. The molecule has 0 aliphatic heterocycles. The molecule has 0 aromatic heterocycles. The van der Waals surface area contributed by atoms with Crippen LogP contribution in [0.25, 0.3) is 0 Å². The van der Waals surface area contributed by atoms with Crippen LogP contribution in [0.2, 0.25) is 0 Å². The molecule has 0 unspecified atom stereocenters. The second-order valence-corrected chi connectivity index (χ2v) is 5.23. The Balaban J connectivity index is 3.18. The molecule has 0 radical (unpaired) electrons. The van der Waals surface area contributed by atoms with Gasteiger partial charge in [0, 0.05) is 5.41 Å². The predicted octanol–water partition coefficient (Wildman–Crippen LogP) is 0.964. The van der Waals surface area contributed by atoms with Crippen LogP contribution in [0.1, 0.15) is 25.0 Å². The van der Waals surface area contributed by atoms with E-state index in [9.17, 15) is 5.26 Å². The van der Waals surface area contributed by atoms with Gasteiger partial charge < -0.3 is 0 Å². The largest absolute Gasteiger partial charge is 0.198 e. The Hall–Kier alpha value is -1.16. The fourth-order valence-corrected chi connectivity index (χ4v) is 1.47. The number of rotatable bonds is 2. The van der Waals surface area contributed by atoms with E-state index in [1.807, 2.05) is 13.8 Å². The van der Waals surface area contributed by atoms with Gasteiger partial charge in [-0.1, -0.05) is 35.4 Å². The smallest absolute Gasteiger partial charge is 0.106 e. The first-order chi connectivity index (χ1) is 6.81. The van der Waals surface area contributed by atoms with Crippen molar-refractivity contribution in [2.45, 2.75) is 26.0 Å². The molecular weight excluding hydrogens is 180 g/mol. The lowest BCUT2D eigenvalue weighted by atomic mass is 9.41. The minimum Gasteiger partial charge on any atom is -0.198 e. The monoisotopic (exact) mass is 197 g/mol. The van der Waals surface area contributed by atoms with Crippen molar-refractivity contribution < 1.29 is 0 Å². The Kier molecular flexibility index (Phi) is 3.00. The molecule has 1 nitrogen and oxygen atoms in total. The minimum absolute atomic E-state index is 0.130. The molecule has 0 saturated carbocycles. The molecule has 3 heteroatoms. The summed E-state index contributed by atoms with van der Waals surface area (Å²) in [5, 5.41) is 9.07. The third kappa shape index (κ3) is 2.09. The van der Waals surface area contributed by atoms with E-state index in [1.54, 1.807) is 0 Å². The quantitative estimate of drug-likeness (QED) is 0.647. The molecule has 0 atom stereocenters. The van der Waals surface area contributed by atoms with Crippen molar-refractivity contribution in [3.05, 3.63) is 35.4 Å². The van der Waals surface area contributed by atoms with Gasteiger partial charge in [-0.3, -0.25) is 0 Å². The van der Waals surface area contributed by atoms with Gasteiger partial charge in [-0.25, -0.2) is 0 Å². The van der Waals surface area contributed by atoms with Crippen molar-refractivity contribution in [3.8, 4) is 6.07 Å². The van der Waals surface area contributed by atoms with E-state index in [4.69, 9.17) is 0 Å². The van der Waals surface area contributed by atoms with Crippen molar-refractivity contribution in [2.24, 2.45) is 5.41 Å². The van der Waals surface area contributed by atoms with Gasteiger partial charge in [0.15, 0.2) is 0 Å². The maximum atomic E-state index is 9.20. The summed E-state index contributed by atoms with van der Waals surface area (Å²) in [5.74, 6) is 0. The summed E-state index contributed by atoms with van der Waals surface area (Å²) in [6.07, 6.45) is 0. The topological polar surface area (TPSA) is 23.8 Å². The van der Waals surface area contributed by atoms with Crippen LogP contribution in [0.5, 0.6) is 0 Å². The van der Waals surface area contributed by atoms with Crippen LogP contribution in [-0.2, 0) is 5.21 Å². The first kappa shape index (κ1) is 11.9. The van der Waals surface area contributed by atoms with Gasteiger partial charge in [0.1, 0.15) is 15.7 Å². The van der Waals surface area contributed by atoms with Gasteiger partial charge in [0.2, 0.25) is 0 Å². The molecule has 1 aromatic carbocycles. The number of benzene rings is 1. The Morgan fingerprint density at radius 1 is 1.13 bits per heavy atom. The maximum absolute atomic E-state index is 9.20.